The summed E-state index contributed by atoms with van der Waals surface area (Å²) in [6.07, 6.45) is 10.3. The van der Waals surface area contributed by atoms with E-state index in [0.29, 0.717) is 12.0 Å². The van der Waals surface area contributed by atoms with Gasteiger partial charge in [0.2, 0.25) is 5.88 Å². The molecule has 5 nitrogen and oxygen atoms in total. The van der Waals surface area contributed by atoms with Gasteiger partial charge in [-0.05, 0) is 58.2 Å². The molecule has 2 aliphatic rings. The van der Waals surface area contributed by atoms with E-state index in [2.05, 4.69) is 29.0 Å². The molecule has 2 heterocycles. The monoisotopic (exact) mass is 393 g/mol. The highest BCUT2D eigenvalue weighted by atomic mass is 32.2. The number of nitrogens with zero attached hydrogens (tertiary/aromatic N) is 3. The first-order valence-corrected chi connectivity index (χ1v) is 12.0. The number of thiophene rings is 1. The lowest BCUT2D eigenvalue weighted by Gasteiger charge is -2.32. The molecule has 2 aromatic rings. The Bertz CT molecular complexity index is 769. The van der Waals surface area contributed by atoms with Gasteiger partial charge >= 0.3 is 0 Å². The Balaban J connectivity index is 1.58. The third-order valence-corrected chi connectivity index (χ3v) is 7.83. The summed E-state index contributed by atoms with van der Waals surface area (Å²) in [6.45, 7) is 0. The molecule has 0 amide bonds. The van der Waals surface area contributed by atoms with E-state index in [1.54, 1.807) is 23.9 Å². The van der Waals surface area contributed by atoms with Crippen LogP contribution in [0.15, 0.2) is 6.33 Å². The van der Waals surface area contributed by atoms with Gasteiger partial charge in [0.15, 0.2) is 0 Å². The van der Waals surface area contributed by atoms with E-state index in [1.165, 1.54) is 23.3 Å². The second-order valence-electron chi connectivity index (χ2n) is 7.79. The Kier molecular flexibility index (Phi) is 5.41. The zero-order valence-corrected chi connectivity index (χ0v) is 17.4. The molecule has 2 aromatic heterocycles. The van der Waals surface area contributed by atoms with E-state index in [-0.39, 0.29) is 6.10 Å². The van der Waals surface area contributed by atoms with Gasteiger partial charge in [0.1, 0.15) is 23.0 Å². The molecule has 142 valence electrons. The Morgan fingerprint density at radius 2 is 2.00 bits per heavy atom. The van der Waals surface area contributed by atoms with Crippen molar-refractivity contribution in [3.8, 4) is 5.88 Å². The van der Waals surface area contributed by atoms with Crippen molar-refractivity contribution >= 4 is 32.7 Å². The van der Waals surface area contributed by atoms with E-state index >= 15 is 0 Å². The summed E-state index contributed by atoms with van der Waals surface area (Å²) < 4.78 is 18.2. The molecule has 2 atom stereocenters. The van der Waals surface area contributed by atoms with E-state index in [1.807, 2.05) is 0 Å². The maximum absolute atomic E-state index is 11.8. The van der Waals surface area contributed by atoms with Gasteiger partial charge in [-0.3, -0.25) is 0 Å². The SMILES string of the molecule is CN(C)[C@H]1CC[C@H](Oc2ncnc3sc4c(c23)[C@@H](C[S+](C)[O-])CC4)CC1. The smallest absolute Gasteiger partial charge is 0.225 e. The number of rotatable bonds is 5. The Labute approximate surface area is 162 Å². The summed E-state index contributed by atoms with van der Waals surface area (Å²) in [5, 5.41) is 1.09. The van der Waals surface area contributed by atoms with Gasteiger partial charge < -0.3 is 14.2 Å². The number of fused-ring (bicyclic) bond motifs is 3. The third-order valence-electron chi connectivity index (χ3n) is 5.78. The van der Waals surface area contributed by atoms with Crippen LogP contribution in [0, 0.1) is 0 Å². The molecule has 0 aromatic carbocycles. The molecule has 0 saturated heterocycles. The molecule has 0 bridgehead atoms. The number of aryl methyl sites for hydroxylation is 1. The lowest BCUT2D eigenvalue weighted by molar-refractivity contribution is 0.108. The minimum Gasteiger partial charge on any atom is -0.617 e. The molecule has 2 aliphatic carbocycles. The average Bonchev–Trinajstić information content (AvgIpc) is 3.15. The molecule has 0 spiro atoms. The van der Waals surface area contributed by atoms with Gasteiger partial charge in [-0.25, -0.2) is 9.97 Å². The van der Waals surface area contributed by atoms with E-state index in [0.717, 1.165) is 47.5 Å². The van der Waals surface area contributed by atoms with E-state index < -0.39 is 11.2 Å². The fourth-order valence-electron chi connectivity index (χ4n) is 4.42. The molecular formula is C19H27N3O2S2. The summed E-state index contributed by atoms with van der Waals surface area (Å²) in [6, 6.07) is 0.662. The largest absolute Gasteiger partial charge is 0.617 e. The molecule has 1 saturated carbocycles. The Morgan fingerprint density at radius 3 is 2.69 bits per heavy atom. The standard InChI is InChI=1S/C19H27N3O2S2/c1-22(2)13-5-7-14(8-6-13)24-18-17-16-12(10-26(3)23)4-9-15(16)25-19(17)21-11-20-18/h11-14H,4-10H2,1-3H3/t12-,13-,14-,26?/m1/s1. The summed E-state index contributed by atoms with van der Waals surface area (Å²) in [4.78, 5) is 13.7. The first-order chi connectivity index (χ1) is 12.5. The second-order valence-corrected chi connectivity index (χ2v) is 10.3. The minimum absolute atomic E-state index is 0.236. The first kappa shape index (κ1) is 18.5. The molecule has 1 fully saturated rings. The van der Waals surface area contributed by atoms with Crippen molar-refractivity contribution in [1.82, 2.24) is 14.9 Å². The number of hydrogen-bond acceptors (Lipinski definition) is 6. The predicted octanol–water partition coefficient (Wildman–Crippen LogP) is 3.35. The highest BCUT2D eigenvalue weighted by Gasteiger charge is 2.33. The summed E-state index contributed by atoms with van der Waals surface area (Å²) in [5.74, 6) is 1.82. The second kappa shape index (κ2) is 7.62. The minimum atomic E-state index is -0.793. The van der Waals surface area contributed by atoms with Crippen LogP contribution in [0.5, 0.6) is 5.88 Å². The normalized spacial score (nSPS) is 27.0. The fourth-order valence-corrected chi connectivity index (χ4v) is 6.55. The molecule has 0 N–H and O–H groups in total. The zero-order chi connectivity index (χ0) is 18.3. The summed E-state index contributed by atoms with van der Waals surface area (Å²) >= 11 is 0.968. The highest BCUT2D eigenvalue weighted by molar-refractivity contribution is 7.90. The Morgan fingerprint density at radius 1 is 1.23 bits per heavy atom. The topological polar surface area (TPSA) is 61.3 Å². The number of ether oxygens (including phenoxy) is 1. The predicted molar refractivity (Wildman–Crippen MR) is 108 cm³/mol. The summed E-state index contributed by atoms with van der Waals surface area (Å²) in [5.41, 5.74) is 1.32. The van der Waals surface area contributed by atoms with Crippen molar-refractivity contribution < 1.29 is 9.29 Å². The summed E-state index contributed by atoms with van der Waals surface area (Å²) in [7, 11) is 4.32. The van der Waals surface area contributed by atoms with Crippen molar-refractivity contribution in [2.75, 3.05) is 26.1 Å². The van der Waals surface area contributed by atoms with Crippen LogP contribution >= 0.6 is 11.3 Å². The van der Waals surface area contributed by atoms with E-state index in [4.69, 9.17) is 4.74 Å². The lowest BCUT2D eigenvalue weighted by Crippen LogP contribution is -2.35. The van der Waals surface area contributed by atoms with Crippen LogP contribution < -0.4 is 4.74 Å². The quantitative estimate of drug-likeness (QED) is 0.729. The van der Waals surface area contributed by atoms with Gasteiger partial charge in [-0.15, -0.1) is 11.3 Å². The fraction of sp³-hybridized carbons (Fsp3) is 0.684. The molecule has 0 radical (unpaired) electrons. The van der Waals surface area contributed by atoms with Crippen LogP contribution in [0.1, 0.15) is 48.5 Å². The van der Waals surface area contributed by atoms with Crippen molar-refractivity contribution in [2.24, 2.45) is 0 Å². The van der Waals surface area contributed by atoms with Gasteiger partial charge in [-0.2, -0.15) is 0 Å². The molecule has 0 aliphatic heterocycles. The Hall–Kier alpha value is -0.890. The van der Waals surface area contributed by atoms with Gasteiger partial charge in [0.05, 0.1) is 11.6 Å². The van der Waals surface area contributed by atoms with Crippen LogP contribution in [0.25, 0.3) is 10.2 Å². The third kappa shape index (κ3) is 3.59. The van der Waals surface area contributed by atoms with Gasteiger partial charge in [-0.1, -0.05) is 11.2 Å². The molecular weight excluding hydrogens is 366 g/mol. The van der Waals surface area contributed by atoms with Crippen molar-refractivity contribution in [2.45, 2.75) is 56.6 Å². The van der Waals surface area contributed by atoms with Crippen molar-refractivity contribution in [3.05, 3.63) is 16.8 Å². The van der Waals surface area contributed by atoms with Gasteiger partial charge in [0.25, 0.3) is 0 Å². The van der Waals surface area contributed by atoms with Crippen molar-refractivity contribution in [3.63, 3.8) is 0 Å². The van der Waals surface area contributed by atoms with Crippen LogP contribution in [-0.2, 0) is 17.6 Å². The number of aromatic nitrogens is 2. The maximum atomic E-state index is 11.8. The maximum Gasteiger partial charge on any atom is 0.225 e. The molecule has 1 unspecified atom stereocenters. The zero-order valence-electron chi connectivity index (χ0n) is 15.7. The average molecular weight is 394 g/mol. The van der Waals surface area contributed by atoms with Gasteiger partial charge in [0, 0.05) is 16.8 Å². The number of hydrogen-bond donors (Lipinski definition) is 0. The molecule has 4 rings (SSSR count). The van der Waals surface area contributed by atoms with Crippen LogP contribution in [0.3, 0.4) is 0 Å². The first-order valence-electron chi connectivity index (χ1n) is 9.42. The lowest BCUT2D eigenvalue weighted by atomic mass is 9.92. The highest BCUT2D eigenvalue weighted by Crippen LogP contribution is 2.46. The molecule has 7 heteroatoms. The van der Waals surface area contributed by atoms with Crippen LogP contribution in [-0.4, -0.2) is 57.7 Å². The van der Waals surface area contributed by atoms with E-state index in [9.17, 15) is 4.55 Å². The molecule has 26 heavy (non-hydrogen) atoms. The van der Waals surface area contributed by atoms with Crippen molar-refractivity contribution in [1.29, 1.82) is 0 Å². The van der Waals surface area contributed by atoms with Crippen LogP contribution in [0.4, 0.5) is 0 Å². The van der Waals surface area contributed by atoms with Crippen LogP contribution in [0.2, 0.25) is 0 Å².